The van der Waals surface area contributed by atoms with E-state index in [4.69, 9.17) is 28.1 Å². The highest BCUT2D eigenvalue weighted by Crippen LogP contribution is 2.61. The van der Waals surface area contributed by atoms with Crippen molar-refractivity contribution in [1.82, 2.24) is 0 Å². The number of hydrogen-bond acceptors (Lipinski definition) is 11. The van der Waals surface area contributed by atoms with Gasteiger partial charge in [-0.15, -0.1) is 0 Å². The first-order valence-corrected chi connectivity index (χ1v) is 15.7. The Hall–Kier alpha value is -3.89. The van der Waals surface area contributed by atoms with Gasteiger partial charge in [-0.2, -0.15) is 0 Å². The van der Waals surface area contributed by atoms with Crippen molar-refractivity contribution in [3.8, 4) is 5.75 Å². The molecule has 0 N–H and O–H groups in total. The lowest BCUT2D eigenvalue weighted by molar-refractivity contribution is -0.217. The van der Waals surface area contributed by atoms with Crippen LogP contribution in [0, 0.1) is 22.7 Å². The molecular formula is C34H38O11. The highest BCUT2D eigenvalue weighted by Gasteiger charge is 2.73. The van der Waals surface area contributed by atoms with Gasteiger partial charge in [0.25, 0.3) is 0 Å². The Bertz CT molecular complexity index is 1750. The van der Waals surface area contributed by atoms with Gasteiger partial charge < -0.3 is 28.1 Å². The summed E-state index contributed by atoms with van der Waals surface area (Å²) in [5, 5.41) is 0.232. The summed E-state index contributed by atoms with van der Waals surface area (Å²) >= 11 is 0. The second-order valence-corrected chi connectivity index (χ2v) is 14.8. The Morgan fingerprint density at radius 3 is 1.87 bits per heavy atom. The molecule has 1 aromatic carbocycles. The summed E-state index contributed by atoms with van der Waals surface area (Å²) < 4.78 is 36.7. The van der Waals surface area contributed by atoms with Crippen LogP contribution in [-0.2, 0) is 44.5 Å². The van der Waals surface area contributed by atoms with Crippen molar-refractivity contribution in [2.45, 2.75) is 110 Å². The molecule has 11 heteroatoms. The third-order valence-corrected chi connectivity index (χ3v) is 11.6. The molecular weight excluding hydrogens is 584 g/mol. The second kappa shape index (κ2) is 9.10. The summed E-state index contributed by atoms with van der Waals surface area (Å²) in [5.41, 5.74) is -5.96. The molecule has 0 amide bonds. The smallest absolute Gasteiger partial charge is 0.351 e. The van der Waals surface area contributed by atoms with Crippen LogP contribution in [0.3, 0.4) is 0 Å². The quantitative estimate of drug-likeness (QED) is 0.344. The first-order valence-electron chi connectivity index (χ1n) is 15.7. The van der Waals surface area contributed by atoms with Gasteiger partial charge >= 0.3 is 23.9 Å². The number of rotatable bonds is 5. The van der Waals surface area contributed by atoms with E-state index in [2.05, 4.69) is 0 Å². The van der Waals surface area contributed by atoms with Crippen molar-refractivity contribution in [1.29, 1.82) is 0 Å². The van der Waals surface area contributed by atoms with Crippen molar-refractivity contribution in [3.63, 3.8) is 0 Å². The van der Waals surface area contributed by atoms with E-state index >= 15 is 0 Å². The van der Waals surface area contributed by atoms with Crippen LogP contribution in [-0.4, -0.2) is 46.8 Å². The van der Waals surface area contributed by atoms with Crippen molar-refractivity contribution in [2.24, 2.45) is 22.7 Å². The number of aryl methyl sites for hydroxylation is 1. The summed E-state index contributed by atoms with van der Waals surface area (Å²) in [7, 11) is 0. The van der Waals surface area contributed by atoms with Crippen LogP contribution in [0.2, 0.25) is 0 Å². The zero-order chi connectivity index (χ0) is 32.5. The highest BCUT2D eigenvalue weighted by atomic mass is 16.7. The Labute approximate surface area is 259 Å². The van der Waals surface area contributed by atoms with Crippen LogP contribution in [0.5, 0.6) is 5.75 Å². The monoisotopic (exact) mass is 622 g/mol. The molecule has 2 saturated heterocycles. The fourth-order valence-electron chi connectivity index (χ4n) is 8.52. The number of ether oxygens (including phenoxy) is 5. The highest BCUT2D eigenvalue weighted by molar-refractivity contribution is 5.93. The first kappa shape index (κ1) is 29.8. The van der Waals surface area contributed by atoms with Gasteiger partial charge in [0.2, 0.25) is 11.2 Å². The molecule has 45 heavy (non-hydrogen) atoms. The standard InChI is InChI=1S/C34H38O11/c1-8-16-15-20(35)17-9-10-21-22(23(17)40-16)24(41-28(38)33-13-11-18(26(36)44-33)30(33,2)3)25(32(6,7)43-21)42-29(39)34-14-12-19(27(37)45-34)31(34,4)5/h9-10,15,18-19,24-25H,8,11-14H2,1-7H3/t18-,19-,24+,25+,33+,34+/m0/s1. The average Bonchev–Trinajstić information content (AvgIpc) is 3.53. The molecule has 240 valence electrons. The average molecular weight is 623 g/mol. The van der Waals surface area contributed by atoms with Gasteiger partial charge in [-0.3, -0.25) is 14.4 Å². The molecule has 5 aliphatic rings. The zero-order valence-corrected chi connectivity index (χ0v) is 26.6. The number of benzene rings is 1. The first-order chi connectivity index (χ1) is 21.0. The summed E-state index contributed by atoms with van der Waals surface area (Å²) in [6.45, 7) is 12.5. The van der Waals surface area contributed by atoms with Gasteiger partial charge in [-0.1, -0.05) is 34.6 Å². The zero-order valence-electron chi connectivity index (χ0n) is 26.6. The molecule has 2 saturated carbocycles. The molecule has 2 aliphatic carbocycles. The minimum Gasteiger partial charge on any atom is -0.483 e. The van der Waals surface area contributed by atoms with Crippen LogP contribution in [0.1, 0.15) is 91.6 Å². The lowest BCUT2D eigenvalue weighted by Gasteiger charge is -2.45. The van der Waals surface area contributed by atoms with E-state index in [0.29, 0.717) is 25.0 Å². The normalized spacial score (nSPS) is 34.6. The summed E-state index contributed by atoms with van der Waals surface area (Å²) in [4.78, 5) is 67.1. The van der Waals surface area contributed by atoms with E-state index in [9.17, 15) is 24.0 Å². The van der Waals surface area contributed by atoms with E-state index < -0.39 is 75.6 Å². The third kappa shape index (κ3) is 3.66. The molecule has 4 bridgehead atoms. The van der Waals surface area contributed by atoms with E-state index in [-0.39, 0.29) is 40.6 Å². The molecule has 3 aliphatic heterocycles. The molecule has 0 radical (unpaired) electrons. The molecule has 4 fully saturated rings. The van der Waals surface area contributed by atoms with Crippen molar-refractivity contribution < 1.29 is 47.3 Å². The maximum atomic E-state index is 14.3. The minimum absolute atomic E-state index is 0.141. The molecule has 0 spiro atoms. The number of fused-ring (bicyclic) bond motifs is 7. The Morgan fingerprint density at radius 1 is 0.822 bits per heavy atom. The molecule has 2 aromatic rings. The number of esters is 4. The summed E-state index contributed by atoms with van der Waals surface area (Å²) in [5.74, 6) is -2.68. The maximum Gasteiger partial charge on any atom is 0.351 e. The van der Waals surface area contributed by atoms with Crippen molar-refractivity contribution >= 4 is 34.8 Å². The second-order valence-electron chi connectivity index (χ2n) is 14.8. The number of carbonyl (C=O) groups is 4. The SMILES string of the molecule is CCc1cc(=O)c2ccc3c(c2o1)[C@@H](OC(=O)[C@@]12CC[C@@H](C(=O)O1)C2(C)C)[C@@H](OC(=O)[C@@]12CC[C@@H](C(=O)O1)C2(C)C)C(C)(C)O3. The summed E-state index contributed by atoms with van der Waals surface area (Å²) in [6, 6.07) is 4.60. The van der Waals surface area contributed by atoms with Gasteiger partial charge in [0.1, 0.15) is 22.7 Å². The minimum atomic E-state index is -1.55. The Kier molecular flexibility index (Phi) is 6.03. The van der Waals surface area contributed by atoms with Crippen LogP contribution in [0.25, 0.3) is 11.0 Å². The Balaban J connectivity index is 1.37. The topological polar surface area (TPSA) is 145 Å². The van der Waals surface area contributed by atoms with Crippen LogP contribution in [0.15, 0.2) is 27.4 Å². The van der Waals surface area contributed by atoms with E-state index in [1.807, 2.05) is 34.6 Å². The fourth-order valence-corrected chi connectivity index (χ4v) is 8.52. The molecule has 0 unspecified atom stereocenters. The van der Waals surface area contributed by atoms with Crippen LogP contribution >= 0.6 is 0 Å². The van der Waals surface area contributed by atoms with Crippen molar-refractivity contribution in [2.75, 3.05) is 0 Å². The number of hydrogen-bond donors (Lipinski definition) is 0. The van der Waals surface area contributed by atoms with Crippen molar-refractivity contribution in [3.05, 3.63) is 39.7 Å². The lowest BCUT2D eigenvalue weighted by atomic mass is 9.74. The molecule has 6 atom stereocenters. The predicted octanol–water partition coefficient (Wildman–Crippen LogP) is 4.49. The van der Waals surface area contributed by atoms with Gasteiger partial charge in [-0.05, 0) is 51.7 Å². The van der Waals surface area contributed by atoms with E-state index in [1.165, 1.54) is 6.07 Å². The Morgan fingerprint density at radius 2 is 1.38 bits per heavy atom. The molecule has 7 rings (SSSR count). The molecule has 1 aromatic heterocycles. The van der Waals surface area contributed by atoms with Gasteiger partial charge in [-0.25, -0.2) is 9.59 Å². The maximum absolute atomic E-state index is 14.3. The van der Waals surface area contributed by atoms with Gasteiger partial charge in [0.05, 0.1) is 22.8 Å². The molecule has 4 heterocycles. The fraction of sp³-hybridized carbons (Fsp3) is 0.618. The van der Waals surface area contributed by atoms with Crippen LogP contribution < -0.4 is 10.2 Å². The molecule has 11 nitrogen and oxygen atoms in total. The lowest BCUT2D eigenvalue weighted by Crippen LogP contribution is -2.57. The van der Waals surface area contributed by atoms with Gasteiger partial charge in [0, 0.05) is 23.3 Å². The third-order valence-electron chi connectivity index (χ3n) is 11.6. The number of carbonyl (C=O) groups excluding carboxylic acids is 4. The summed E-state index contributed by atoms with van der Waals surface area (Å²) in [6.07, 6.45) is -0.683. The van der Waals surface area contributed by atoms with Crippen LogP contribution in [0.4, 0.5) is 0 Å². The van der Waals surface area contributed by atoms with E-state index in [0.717, 1.165) is 0 Å². The van der Waals surface area contributed by atoms with Gasteiger partial charge in [0.15, 0.2) is 17.6 Å². The largest absolute Gasteiger partial charge is 0.483 e. The predicted molar refractivity (Wildman–Crippen MR) is 156 cm³/mol. The van der Waals surface area contributed by atoms with E-state index in [1.54, 1.807) is 26.0 Å².